The maximum absolute atomic E-state index is 11.1. The van der Waals surface area contributed by atoms with Crippen molar-refractivity contribution in [2.45, 2.75) is 6.92 Å². The van der Waals surface area contributed by atoms with Crippen molar-refractivity contribution in [1.82, 2.24) is 0 Å². The number of hydrogen-bond donors (Lipinski definition) is 0. The van der Waals surface area contributed by atoms with Gasteiger partial charge in [0.25, 0.3) is 0 Å². The van der Waals surface area contributed by atoms with Crippen molar-refractivity contribution in [1.29, 1.82) is 5.26 Å². The van der Waals surface area contributed by atoms with Crippen molar-refractivity contribution in [3.05, 3.63) is 35.4 Å². The summed E-state index contributed by atoms with van der Waals surface area (Å²) < 4.78 is 0. The summed E-state index contributed by atoms with van der Waals surface area (Å²) >= 11 is 0. The second kappa shape index (κ2) is 4.12. The van der Waals surface area contributed by atoms with Gasteiger partial charge >= 0.3 is 12.2 Å². The van der Waals surface area contributed by atoms with Crippen LogP contribution in [0.3, 0.4) is 0 Å². The zero-order valence-corrected chi connectivity index (χ0v) is 6.98. The van der Waals surface area contributed by atoms with E-state index in [-0.39, 0.29) is 0 Å². The van der Waals surface area contributed by atoms with Gasteiger partial charge in [0.1, 0.15) is 0 Å². The van der Waals surface area contributed by atoms with E-state index >= 15 is 0 Å². The summed E-state index contributed by atoms with van der Waals surface area (Å²) in [6.45, 7) is 1.77. The van der Waals surface area contributed by atoms with E-state index in [1.807, 2.05) is 0 Å². The highest BCUT2D eigenvalue weighted by Gasteiger charge is 2.10. The lowest BCUT2D eigenvalue weighted by Gasteiger charge is -2.00. The van der Waals surface area contributed by atoms with Crippen LogP contribution in [0.15, 0.2) is 24.3 Å². The summed E-state index contributed by atoms with van der Waals surface area (Å²) in [6, 6.07) is 6.87. The molecule has 0 unspecified atom stereocenters. The Kier molecular flexibility index (Phi) is 2.87. The third-order valence-electron chi connectivity index (χ3n) is 1.52. The van der Waals surface area contributed by atoms with Crippen LogP contribution in [0.1, 0.15) is 15.9 Å². The Morgan fingerprint density at radius 2 is 2.15 bits per heavy atom. The first-order valence-corrected chi connectivity index (χ1v) is 3.58. The van der Waals surface area contributed by atoms with Crippen LogP contribution in [0.2, 0.25) is 0 Å². The van der Waals surface area contributed by atoms with Crippen LogP contribution in [-0.4, -0.2) is 5.97 Å². The first kappa shape index (κ1) is 9.07. The zero-order chi connectivity index (χ0) is 9.68. The first-order valence-electron chi connectivity index (χ1n) is 3.58. The number of rotatable bonds is 2. The van der Waals surface area contributed by atoms with Gasteiger partial charge in [-0.1, -0.05) is 18.2 Å². The van der Waals surface area contributed by atoms with E-state index in [1.165, 1.54) is 6.26 Å². The monoisotopic (exact) mass is 177 g/mol. The van der Waals surface area contributed by atoms with Gasteiger partial charge in [0.15, 0.2) is 0 Å². The van der Waals surface area contributed by atoms with Crippen molar-refractivity contribution in [3.8, 4) is 6.26 Å². The molecule has 0 bridgehead atoms. The number of nitrogens with zero attached hydrogens (tertiary/aromatic N) is 1. The minimum atomic E-state index is -0.667. The molecule has 0 fully saturated rings. The summed E-state index contributed by atoms with van der Waals surface area (Å²) in [6.07, 6.45) is 1.24. The van der Waals surface area contributed by atoms with Crippen LogP contribution < -0.4 is 0 Å². The molecule has 0 aliphatic heterocycles. The quantitative estimate of drug-likeness (QED) is 0.390. The Hall–Kier alpha value is -2.02. The molecule has 1 rings (SSSR count). The molecule has 0 heterocycles. The Bertz CT molecular complexity index is 354. The maximum Gasteiger partial charge on any atom is 0.387 e. The van der Waals surface area contributed by atoms with Crippen LogP contribution in [-0.2, 0) is 9.78 Å². The number of carbonyl (C=O) groups excluding carboxylic acids is 1. The predicted octanol–water partition coefficient (Wildman–Crippen LogP) is 1.56. The fraction of sp³-hybridized carbons (Fsp3) is 0.111. The van der Waals surface area contributed by atoms with E-state index in [2.05, 4.69) is 9.78 Å². The molecule has 0 N–H and O–H groups in total. The molecule has 0 aromatic heterocycles. The summed E-state index contributed by atoms with van der Waals surface area (Å²) in [5, 5.41) is 7.98. The fourth-order valence-electron chi connectivity index (χ4n) is 0.903. The summed E-state index contributed by atoms with van der Waals surface area (Å²) in [7, 11) is 0. The third kappa shape index (κ3) is 2.20. The van der Waals surface area contributed by atoms with Crippen molar-refractivity contribution in [2.24, 2.45) is 0 Å². The van der Waals surface area contributed by atoms with Crippen molar-refractivity contribution in [2.75, 3.05) is 0 Å². The highest BCUT2D eigenvalue weighted by atomic mass is 17.2. The van der Waals surface area contributed by atoms with E-state index < -0.39 is 5.97 Å². The Labute approximate surface area is 75.2 Å². The second-order valence-electron chi connectivity index (χ2n) is 2.36. The fourth-order valence-corrected chi connectivity index (χ4v) is 0.903. The molecule has 1 aromatic rings. The number of carbonyl (C=O) groups is 1. The predicted molar refractivity (Wildman–Crippen MR) is 43.3 cm³/mol. The van der Waals surface area contributed by atoms with Gasteiger partial charge in [0.05, 0.1) is 5.56 Å². The lowest BCUT2D eigenvalue weighted by molar-refractivity contribution is -0.180. The van der Waals surface area contributed by atoms with Gasteiger partial charge in [0, 0.05) is 0 Å². The van der Waals surface area contributed by atoms with Crippen LogP contribution in [0.4, 0.5) is 0 Å². The topological polar surface area (TPSA) is 59.3 Å². The summed E-state index contributed by atoms with van der Waals surface area (Å²) in [4.78, 5) is 19.1. The van der Waals surface area contributed by atoms with Crippen LogP contribution in [0, 0.1) is 18.4 Å². The SMILES string of the molecule is Cc1ccccc1C(=O)OOC#N. The van der Waals surface area contributed by atoms with E-state index in [0.717, 1.165) is 5.56 Å². The number of nitriles is 1. The smallest absolute Gasteiger partial charge is 0.241 e. The molecule has 0 amide bonds. The minimum absolute atomic E-state index is 0.387. The molecule has 0 aliphatic carbocycles. The van der Waals surface area contributed by atoms with Crippen LogP contribution >= 0.6 is 0 Å². The van der Waals surface area contributed by atoms with Crippen LogP contribution in [0.25, 0.3) is 0 Å². The zero-order valence-electron chi connectivity index (χ0n) is 6.98. The van der Waals surface area contributed by atoms with Crippen molar-refractivity contribution >= 4 is 5.97 Å². The first-order chi connectivity index (χ1) is 6.25. The number of hydrogen-bond acceptors (Lipinski definition) is 4. The average Bonchev–Trinajstić information content (AvgIpc) is 2.15. The number of benzene rings is 1. The maximum atomic E-state index is 11.1. The van der Waals surface area contributed by atoms with Gasteiger partial charge < -0.3 is 0 Å². The average molecular weight is 177 g/mol. The molecule has 0 atom stereocenters. The molecule has 4 nitrogen and oxygen atoms in total. The standard InChI is InChI=1S/C9H7NO3/c1-7-4-2-3-5-8(7)9(11)13-12-6-10/h2-5H,1H3. The minimum Gasteiger partial charge on any atom is -0.241 e. The van der Waals surface area contributed by atoms with Gasteiger partial charge in [-0.15, -0.1) is 5.26 Å². The normalized spacial score (nSPS) is 8.62. The molecule has 0 aliphatic rings. The molecule has 0 spiro atoms. The molecular weight excluding hydrogens is 170 g/mol. The lowest BCUT2D eigenvalue weighted by atomic mass is 10.1. The molecule has 0 saturated heterocycles. The highest BCUT2D eigenvalue weighted by molar-refractivity contribution is 5.90. The number of aryl methyl sites for hydroxylation is 1. The highest BCUT2D eigenvalue weighted by Crippen LogP contribution is 2.08. The van der Waals surface area contributed by atoms with Crippen molar-refractivity contribution < 1.29 is 14.6 Å². The van der Waals surface area contributed by atoms with E-state index in [9.17, 15) is 4.79 Å². The Balaban J connectivity index is 2.78. The lowest BCUT2D eigenvalue weighted by Crippen LogP contribution is -2.05. The molecular formula is C9H7NO3. The van der Waals surface area contributed by atoms with Crippen molar-refractivity contribution in [3.63, 3.8) is 0 Å². The molecule has 0 radical (unpaired) electrons. The van der Waals surface area contributed by atoms with E-state index in [4.69, 9.17) is 5.26 Å². The summed E-state index contributed by atoms with van der Waals surface area (Å²) in [5.41, 5.74) is 1.16. The van der Waals surface area contributed by atoms with E-state index in [0.29, 0.717) is 5.56 Å². The van der Waals surface area contributed by atoms with Crippen LogP contribution in [0.5, 0.6) is 0 Å². The largest absolute Gasteiger partial charge is 0.387 e. The summed E-state index contributed by atoms with van der Waals surface area (Å²) in [5.74, 6) is -0.667. The molecule has 1 aromatic carbocycles. The Morgan fingerprint density at radius 3 is 2.77 bits per heavy atom. The van der Waals surface area contributed by atoms with Gasteiger partial charge in [-0.3, -0.25) is 0 Å². The Morgan fingerprint density at radius 1 is 1.46 bits per heavy atom. The molecule has 0 saturated carbocycles. The van der Waals surface area contributed by atoms with Gasteiger partial charge in [-0.25, -0.2) is 14.6 Å². The van der Waals surface area contributed by atoms with Gasteiger partial charge in [-0.2, -0.15) is 0 Å². The molecule has 66 valence electrons. The molecule has 13 heavy (non-hydrogen) atoms. The van der Waals surface area contributed by atoms with Gasteiger partial charge in [-0.05, 0) is 18.6 Å². The second-order valence-corrected chi connectivity index (χ2v) is 2.36. The van der Waals surface area contributed by atoms with E-state index in [1.54, 1.807) is 31.2 Å². The third-order valence-corrected chi connectivity index (χ3v) is 1.52. The van der Waals surface area contributed by atoms with Gasteiger partial charge in [0.2, 0.25) is 0 Å². The molecule has 4 heteroatoms.